The molecule has 106 valence electrons. The van der Waals surface area contributed by atoms with Crippen LogP contribution in [0.2, 0.25) is 0 Å². The third-order valence-electron chi connectivity index (χ3n) is 2.18. The van der Waals surface area contributed by atoms with Gasteiger partial charge in [0.15, 0.2) is 5.78 Å². The Morgan fingerprint density at radius 3 is 2.22 bits per heavy atom. The number of carbonyl (C=O) groups is 2. The van der Waals surface area contributed by atoms with Gasteiger partial charge in [0, 0.05) is 10.5 Å². The molecule has 18 heavy (non-hydrogen) atoms. The van der Waals surface area contributed by atoms with Gasteiger partial charge in [-0.15, -0.1) is 0 Å². The minimum absolute atomic E-state index is 0.0325. The van der Waals surface area contributed by atoms with Crippen molar-refractivity contribution in [2.24, 2.45) is 0 Å². The second-order valence-electron chi connectivity index (χ2n) is 5.16. The third kappa shape index (κ3) is 8.00. The molecule has 0 spiro atoms. The number of nitrogens with one attached hydrogen (secondary N) is 2. The van der Waals surface area contributed by atoms with Crippen LogP contribution < -0.4 is 10.6 Å². The molecule has 0 aliphatic rings. The Labute approximate surface area is 118 Å². The minimum atomic E-state index is -0.423. The Morgan fingerprint density at radius 1 is 1.28 bits per heavy atom. The normalized spacial score (nSPS) is 15.0. The van der Waals surface area contributed by atoms with Gasteiger partial charge < -0.3 is 10.6 Å². The first-order valence-electron chi connectivity index (χ1n) is 5.96. The highest BCUT2D eigenvalue weighted by Crippen LogP contribution is 2.35. The molecule has 0 aliphatic carbocycles. The molecule has 0 bridgehead atoms. The highest BCUT2D eigenvalue weighted by molar-refractivity contribution is 8.77. The number of amides is 1. The van der Waals surface area contributed by atoms with Crippen molar-refractivity contribution in [1.29, 1.82) is 0 Å². The molecule has 6 heteroatoms. The fourth-order valence-electron chi connectivity index (χ4n) is 0.985. The summed E-state index contributed by atoms with van der Waals surface area (Å²) in [5, 5.41) is 5.68. The van der Waals surface area contributed by atoms with Crippen LogP contribution in [0.25, 0.3) is 0 Å². The molecule has 0 unspecified atom stereocenters. The average molecular weight is 292 g/mol. The molecule has 2 atom stereocenters. The molecule has 0 aromatic rings. The molecule has 0 radical (unpaired) electrons. The second kappa shape index (κ2) is 8.07. The number of hydrogen-bond donors (Lipinski definition) is 2. The Balaban J connectivity index is 4.16. The van der Waals surface area contributed by atoms with Crippen LogP contribution in [0.1, 0.15) is 34.6 Å². The number of ketones is 1. The third-order valence-corrected chi connectivity index (χ3v) is 5.53. The van der Waals surface area contributed by atoms with Crippen molar-refractivity contribution >= 4 is 33.3 Å². The van der Waals surface area contributed by atoms with Crippen LogP contribution in [-0.2, 0) is 9.59 Å². The minimum Gasteiger partial charge on any atom is -0.345 e. The van der Waals surface area contributed by atoms with Crippen molar-refractivity contribution in [1.82, 2.24) is 10.6 Å². The molecular formula is C12H24N2O2S2. The summed E-state index contributed by atoms with van der Waals surface area (Å²) in [5.41, 5.74) is 0. The van der Waals surface area contributed by atoms with Crippen LogP contribution in [0.15, 0.2) is 0 Å². The summed E-state index contributed by atoms with van der Waals surface area (Å²) in [6.07, 6.45) is 0. The van der Waals surface area contributed by atoms with Gasteiger partial charge >= 0.3 is 0 Å². The fraction of sp³-hybridized carbons (Fsp3) is 0.833. The maximum atomic E-state index is 11.9. The summed E-state index contributed by atoms with van der Waals surface area (Å²) < 4.78 is 0.173. The van der Waals surface area contributed by atoms with E-state index in [-0.39, 0.29) is 22.5 Å². The van der Waals surface area contributed by atoms with Crippen molar-refractivity contribution in [2.45, 2.75) is 51.4 Å². The van der Waals surface area contributed by atoms with E-state index in [0.29, 0.717) is 5.75 Å². The number of likely N-dealkylation sites (N-methyl/N-ethyl adjacent to an activating group) is 1. The maximum absolute atomic E-state index is 11.9. The summed E-state index contributed by atoms with van der Waals surface area (Å²) >= 11 is 0. The molecule has 0 aliphatic heterocycles. The van der Waals surface area contributed by atoms with Crippen molar-refractivity contribution in [3.63, 3.8) is 0 Å². The van der Waals surface area contributed by atoms with Crippen molar-refractivity contribution in [2.75, 3.05) is 12.8 Å². The number of carbonyl (C=O) groups excluding carboxylic acids is 2. The van der Waals surface area contributed by atoms with Gasteiger partial charge in [-0.1, -0.05) is 42.4 Å². The number of rotatable bonds is 7. The molecule has 0 saturated carbocycles. The number of hydrogen-bond acceptors (Lipinski definition) is 5. The fourth-order valence-corrected chi connectivity index (χ4v) is 3.53. The van der Waals surface area contributed by atoms with Crippen LogP contribution in [0.4, 0.5) is 0 Å². The predicted molar refractivity (Wildman–Crippen MR) is 80.9 cm³/mol. The lowest BCUT2D eigenvalue weighted by molar-refractivity contribution is -0.127. The van der Waals surface area contributed by atoms with Gasteiger partial charge in [-0.05, 0) is 20.9 Å². The van der Waals surface area contributed by atoms with E-state index in [4.69, 9.17) is 0 Å². The molecule has 0 heterocycles. The van der Waals surface area contributed by atoms with Crippen molar-refractivity contribution < 1.29 is 9.59 Å². The van der Waals surface area contributed by atoms with E-state index in [1.807, 2.05) is 0 Å². The molecule has 0 saturated heterocycles. The lowest BCUT2D eigenvalue weighted by Gasteiger charge is -2.21. The van der Waals surface area contributed by atoms with Gasteiger partial charge in [0.2, 0.25) is 5.91 Å². The topological polar surface area (TPSA) is 58.2 Å². The first kappa shape index (κ1) is 17.8. The summed E-state index contributed by atoms with van der Waals surface area (Å²) in [4.78, 5) is 23.0. The molecular weight excluding hydrogens is 268 g/mol. The summed E-state index contributed by atoms with van der Waals surface area (Å²) in [6, 6.07) is -0.694. The van der Waals surface area contributed by atoms with E-state index in [2.05, 4.69) is 31.4 Å². The lowest BCUT2D eigenvalue weighted by Crippen LogP contribution is -2.48. The monoisotopic (exact) mass is 292 g/mol. The molecule has 0 fully saturated rings. The Bertz CT molecular complexity index is 290. The largest absolute Gasteiger partial charge is 0.345 e. The van der Waals surface area contributed by atoms with Gasteiger partial charge in [-0.2, -0.15) is 0 Å². The van der Waals surface area contributed by atoms with E-state index >= 15 is 0 Å². The zero-order chi connectivity index (χ0) is 14.3. The van der Waals surface area contributed by atoms with Crippen LogP contribution in [-0.4, -0.2) is 41.3 Å². The second-order valence-corrected chi connectivity index (χ2v) is 8.33. The molecule has 0 aromatic carbocycles. The highest BCUT2D eigenvalue weighted by atomic mass is 33.1. The summed E-state index contributed by atoms with van der Waals surface area (Å²) in [7, 11) is 5.17. The Morgan fingerprint density at radius 2 is 1.83 bits per heavy atom. The summed E-state index contributed by atoms with van der Waals surface area (Å²) in [5.74, 6) is 0.520. The van der Waals surface area contributed by atoms with Gasteiger partial charge in [0.1, 0.15) is 0 Å². The number of Topliss-reactive ketones (excluding diaryl/α,β-unsaturated/α-hetero) is 1. The highest BCUT2D eigenvalue weighted by Gasteiger charge is 2.21. The van der Waals surface area contributed by atoms with Crippen LogP contribution in [0.5, 0.6) is 0 Å². The van der Waals surface area contributed by atoms with E-state index in [0.717, 1.165) is 0 Å². The zero-order valence-corrected chi connectivity index (χ0v) is 13.6. The molecule has 0 rings (SSSR count). The first-order chi connectivity index (χ1) is 8.17. The van der Waals surface area contributed by atoms with Crippen LogP contribution >= 0.6 is 21.6 Å². The molecule has 1 amide bonds. The quantitative estimate of drug-likeness (QED) is 0.701. The van der Waals surface area contributed by atoms with E-state index in [1.165, 1.54) is 6.92 Å². The predicted octanol–water partition coefficient (Wildman–Crippen LogP) is 1.85. The van der Waals surface area contributed by atoms with Crippen LogP contribution in [0.3, 0.4) is 0 Å². The molecule has 4 nitrogen and oxygen atoms in total. The van der Waals surface area contributed by atoms with Gasteiger partial charge in [0.05, 0.1) is 12.1 Å². The maximum Gasteiger partial charge on any atom is 0.238 e. The van der Waals surface area contributed by atoms with Crippen LogP contribution in [0, 0.1) is 0 Å². The standard InChI is InChI=1S/C12H24N2O2S2/c1-8(9(2)15)14-11(16)10(13-6)7-17-18-12(3,4)5/h8,10,13H,7H2,1-6H3,(H,14,16)/t8-,10-/m0/s1. The van der Waals surface area contributed by atoms with Crippen molar-refractivity contribution in [3.05, 3.63) is 0 Å². The lowest BCUT2D eigenvalue weighted by atomic mass is 10.2. The smallest absolute Gasteiger partial charge is 0.238 e. The zero-order valence-electron chi connectivity index (χ0n) is 12.0. The van der Waals surface area contributed by atoms with Gasteiger partial charge in [-0.25, -0.2) is 0 Å². The average Bonchev–Trinajstić information content (AvgIpc) is 2.22. The van der Waals surface area contributed by atoms with E-state index in [1.54, 1.807) is 35.6 Å². The summed E-state index contributed by atoms with van der Waals surface area (Å²) in [6.45, 7) is 9.58. The Kier molecular flexibility index (Phi) is 7.98. The Hall–Kier alpha value is -0.200. The van der Waals surface area contributed by atoms with Crippen molar-refractivity contribution in [3.8, 4) is 0 Å². The first-order valence-corrected chi connectivity index (χ1v) is 8.28. The van der Waals surface area contributed by atoms with E-state index < -0.39 is 6.04 Å². The van der Waals surface area contributed by atoms with Gasteiger partial charge in [0.25, 0.3) is 0 Å². The van der Waals surface area contributed by atoms with Gasteiger partial charge in [-0.3, -0.25) is 9.59 Å². The molecule has 0 aromatic heterocycles. The molecule has 2 N–H and O–H groups in total. The van der Waals surface area contributed by atoms with E-state index in [9.17, 15) is 9.59 Å². The SMILES string of the molecule is CN[C@@H](CSSC(C)(C)C)C(=O)N[C@@H](C)C(C)=O.